The number of nitrogens with zero attached hydrogens (tertiary/aromatic N) is 2. The molecule has 1 unspecified atom stereocenters. The predicted octanol–water partition coefficient (Wildman–Crippen LogP) is 3.44. The second-order valence-corrected chi connectivity index (χ2v) is 7.31. The number of aliphatic imine (C=N–C) groups is 1. The number of halogens is 1. The standard InChI is InChI=1S/C22H26FN3O2/c1-14-4-5-17(11-20(14)23)21(13-26-9-8-25-16(3)12-26)28-18-6-7-19(22(24)27)15(2)10-18/h4-7,10-11,21H,8-9,12-13H2,1-3H3,(H2,24,27). The lowest BCUT2D eigenvalue weighted by atomic mass is 10.0. The van der Waals surface area contributed by atoms with Crippen molar-refractivity contribution in [3.8, 4) is 5.75 Å². The number of amides is 1. The molecule has 0 aromatic heterocycles. The molecule has 28 heavy (non-hydrogen) atoms. The topological polar surface area (TPSA) is 67.9 Å². The molecule has 0 radical (unpaired) electrons. The van der Waals surface area contributed by atoms with Gasteiger partial charge in [-0.15, -0.1) is 0 Å². The molecular formula is C22H26FN3O2. The number of benzene rings is 2. The monoisotopic (exact) mass is 383 g/mol. The van der Waals surface area contributed by atoms with Crippen LogP contribution < -0.4 is 10.5 Å². The zero-order valence-electron chi connectivity index (χ0n) is 16.5. The molecule has 1 atom stereocenters. The van der Waals surface area contributed by atoms with Crippen LogP contribution >= 0.6 is 0 Å². The van der Waals surface area contributed by atoms with Crippen molar-refractivity contribution in [1.82, 2.24) is 4.90 Å². The highest BCUT2D eigenvalue weighted by Crippen LogP contribution is 2.26. The van der Waals surface area contributed by atoms with Gasteiger partial charge in [0.2, 0.25) is 5.91 Å². The van der Waals surface area contributed by atoms with Crippen LogP contribution in [0.3, 0.4) is 0 Å². The molecule has 0 aliphatic carbocycles. The summed E-state index contributed by atoms with van der Waals surface area (Å²) in [6.45, 7) is 8.56. The first-order valence-electron chi connectivity index (χ1n) is 9.39. The minimum atomic E-state index is -0.468. The second-order valence-electron chi connectivity index (χ2n) is 7.31. The summed E-state index contributed by atoms with van der Waals surface area (Å²) in [7, 11) is 0. The molecule has 6 heteroatoms. The van der Waals surface area contributed by atoms with E-state index in [1.165, 1.54) is 6.07 Å². The Kier molecular flexibility index (Phi) is 6.09. The van der Waals surface area contributed by atoms with Gasteiger partial charge in [0, 0.05) is 30.9 Å². The molecule has 1 heterocycles. The van der Waals surface area contributed by atoms with Crippen molar-refractivity contribution in [2.24, 2.45) is 10.7 Å². The third-order valence-corrected chi connectivity index (χ3v) is 4.98. The minimum absolute atomic E-state index is 0.247. The molecule has 5 nitrogen and oxygen atoms in total. The van der Waals surface area contributed by atoms with E-state index in [0.717, 1.165) is 36.5 Å². The summed E-state index contributed by atoms with van der Waals surface area (Å²) in [6, 6.07) is 10.4. The van der Waals surface area contributed by atoms with Crippen LogP contribution in [-0.2, 0) is 0 Å². The molecule has 0 fully saturated rings. The van der Waals surface area contributed by atoms with E-state index < -0.39 is 5.91 Å². The summed E-state index contributed by atoms with van der Waals surface area (Å²) in [5.74, 6) is -0.0945. The Bertz CT molecular complexity index is 911. The summed E-state index contributed by atoms with van der Waals surface area (Å²) in [4.78, 5) is 18.2. The molecule has 0 bridgehead atoms. The van der Waals surface area contributed by atoms with E-state index in [0.29, 0.717) is 23.4 Å². The molecule has 0 saturated carbocycles. The van der Waals surface area contributed by atoms with Gasteiger partial charge in [0.25, 0.3) is 0 Å². The smallest absolute Gasteiger partial charge is 0.248 e. The summed E-state index contributed by atoms with van der Waals surface area (Å²) in [6.07, 6.45) is -0.347. The maximum Gasteiger partial charge on any atom is 0.248 e. The molecule has 3 rings (SSSR count). The maximum absolute atomic E-state index is 14.2. The first-order chi connectivity index (χ1) is 13.3. The number of carbonyl (C=O) groups is 1. The molecule has 0 spiro atoms. The first-order valence-corrected chi connectivity index (χ1v) is 9.39. The van der Waals surface area contributed by atoms with Gasteiger partial charge in [-0.2, -0.15) is 0 Å². The number of hydrogen-bond acceptors (Lipinski definition) is 4. The van der Waals surface area contributed by atoms with E-state index >= 15 is 0 Å². The van der Waals surface area contributed by atoms with Gasteiger partial charge in [0.1, 0.15) is 17.7 Å². The van der Waals surface area contributed by atoms with E-state index in [1.54, 1.807) is 31.2 Å². The molecule has 148 valence electrons. The summed E-state index contributed by atoms with van der Waals surface area (Å²) < 4.78 is 20.4. The van der Waals surface area contributed by atoms with Crippen LogP contribution in [0.15, 0.2) is 41.4 Å². The molecule has 1 aliphatic rings. The largest absolute Gasteiger partial charge is 0.484 e. The van der Waals surface area contributed by atoms with Crippen LogP contribution in [0.5, 0.6) is 5.75 Å². The Hall–Kier alpha value is -2.73. The zero-order chi connectivity index (χ0) is 20.3. The molecule has 1 aliphatic heterocycles. The highest BCUT2D eigenvalue weighted by atomic mass is 19.1. The molecule has 2 aromatic carbocycles. The van der Waals surface area contributed by atoms with Crippen LogP contribution in [0.1, 0.15) is 40.1 Å². The van der Waals surface area contributed by atoms with Gasteiger partial charge >= 0.3 is 0 Å². The van der Waals surface area contributed by atoms with E-state index in [1.807, 2.05) is 19.9 Å². The van der Waals surface area contributed by atoms with Crippen LogP contribution in [0.2, 0.25) is 0 Å². The Morgan fingerprint density at radius 3 is 2.64 bits per heavy atom. The average molecular weight is 383 g/mol. The van der Waals surface area contributed by atoms with Gasteiger partial charge in [-0.1, -0.05) is 12.1 Å². The summed E-state index contributed by atoms with van der Waals surface area (Å²) in [5, 5.41) is 0. The van der Waals surface area contributed by atoms with Crippen molar-refractivity contribution in [3.63, 3.8) is 0 Å². The average Bonchev–Trinajstić information content (AvgIpc) is 2.63. The van der Waals surface area contributed by atoms with E-state index in [-0.39, 0.29) is 11.9 Å². The quantitative estimate of drug-likeness (QED) is 0.831. The normalized spacial score (nSPS) is 15.8. The molecule has 1 amide bonds. The number of rotatable bonds is 6. The number of primary amides is 1. The molecule has 2 N–H and O–H groups in total. The van der Waals surface area contributed by atoms with Crippen molar-refractivity contribution in [1.29, 1.82) is 0 Å². The highest BCUT2D eigenvalue weighted by molar-refractivity contribution is 5.94. The first kappa shape index (κ1) is 20.0. The van der Waals surface area contributed by atoms with Gasteiger partial charge in [-0.25, -0.2) is 4.39 Å². The summed E-state index contributed by atoms with van der Waals surface area (Å²) >= 11 is 0. The number of carbonyl (C=O) groups excluding carboxylic acids is 1. The Labute approximate surface area is 165 Å². The van der Waals surface area contributed by atoms with Gasteiger partial charge in [-0.3, -0.25) is 14.7 Å². The Morgan fingerprint density at radius 2 is 2.00 bits per heavy atom. The number of hydrogen-bond donors (Lipinski definition) is 1. The number of ether oxygens (including phenoxy) is 1. The van der Waals surface area contributed by atoms with Crippen molar-refractivity contribution < 1.29 is 13.9 Å². The van der Waals surface area contributed by atoms with Gasteiger partial charge in [0.05, 0.1) is 6.54 Å². The number of nitrogens with two attached hydrogens (primary N) is 1. The van der Waals surface area contributed by atoms with Crippen molar-refractivity contribution in [3.05, 3.63) is 64.5 Å². The fourth-order valence-electron chi connectivity index (χ4n) is 3.40. The predicted molar refractivity (Wildman–Crippen MR) is 109 cm³/mol. The summed E-state index contributed by atoms with van der Waals surface area (Å²) in [5.41, 5.74) is 9.07. The number of aryl methyl sites for hydroxylation is 2. The Balaban J connectivity index is 1.87. The molecule has 0 saturated heterocycles. The SMILES string of the molecule is CC1=NCCN(CC(Oc2ccc(C(N)=O)c(C)c2)c2ccc(C)c(F)c2)C1. The van der Waals surface area contributed by atoms with E-state index in [4.69, 9.17) is 10.5 Å². The van der Waals surface area contributed by atoms with E-state index in [9.17, 15) is 9.18 Å². The van der Waals surface area contributed by atoms with Crippen LogP contribution in [-0.4, -0.2) is 42.7 Å². The lowest BCUT2D eigenvalue weighted by molar-refractivity contribution is 0.0999. The Morgan fingerprint density at radius 1 is 1.21 bits per heavy atom. The fourth-order valence-corrected chi connectivity index (χ4v) is 3.40. The van der Waals surface area contributed by atoms with E-state index in [2.05, 4.69) is 9.89 Å². The van der Waals surface area contributed by atoms with Crippen LogP contribution in [0, 0.1) is 19.7 Å². The van der Waals surface area contributed by atoms with Crippen molar-refractivity contribution >= 4 is 11.6 Å². The minimum Gasteiger partial charge on any atom is -0.484 e. The van der Waals surface area contributed by atoms with Gasteiger partial charge in [0.15, 0.2) is 0 Å². The zero-order valence-corrected chi connectivity index (χ0v) is 16.5. The third-order valence-electron chi connectivity index (χ3n) is 4.98. The van der Waals surface area contributed by atoms with Crippen molar-refractivity contribution in [2.75, 3.05) is 26.2 Å². The third kappa shape index (κ3) is 4.75. The highest BCUT2D eigenvalue weighted by Gasteiger charge is 2.21. The lowest BCUT2D eigenvalue weighted by Gasteiger charge is -2.30. The van der Waals surface area contributed by atoms with Crippen LogP contribution in [0.4, 0.5) is 4.39 Å². The van der Waals surface area contributed by atoms with Crippen LogP contribution in [0.25, 0.3) is 0 Å². The fraction of sp³-hybridized carbons (Fsp3) is 0.364. The van der Waals surface area contributed by atoms with Gasteiger partial charge in [-0.05, 0) is 61.7 Å². The molecule has 2 aromatic rings. The maximum atomic E-state index is 14.2. The molecular weight excluding hydrogens is 357 g/mol. The van der Waals surface area contributed by atoms with Crippen molar-refractivity contribution in [2.45, 2.75) is 26.9 Å². The lowest BCUT2D eigenvalue weighted by Crippen LogP contribution is -2.39. The van der Waals surface area contributed by atoms with Gasteiger partial charge < -0.3 is 10.5 Å². The second kappa shape index (κ2) is 8.52.